The Morgan fingerprint density at radius 3 is 2.81 bits per heavy atom. The van der Waals surface area contributed by atoms with Crippen molar-refractivity contribution in [3.05, 3.63) is 48.1 Å². The molecule has 1 aromatic heterocycles. The van der Waals surface area contributed by atoms with E-state index in [0.717, 1.165) is 12.2 Å². The van der Waals surface area contributed by atoms with E-state index in [0.29, 0.717) is 5.69 Å². The quantitative estimate of drug-likeness (QED) is 0.892. The largest absolute Gasteiger partial charge is 0.506 e. The lowest BCUT2D eigenvalue weighted by Crippen LogP contribution is -2.39. The lowest BCUT2D eigenvalue weighted by molar-refractivity contribution is -0.119. The first-order valence-electron chi connectivity index (χ1n) is 6.94. The maximum absolute atomic E-state index is 12.0. The van der Waals surface area contributed by atoms with Gasteiger partial charge in [-0.1, -0.05) is 0 Å². The van der Waals surface area contributed by atoms with Gasteiger partial charge in [0.15, 0.2) is 0 Å². The van der Waals surface area contributed by atoms with E-state index >= 15 is 0 Å². The lowest BCUT2D eigenvalue weighted by atomic mass is 10.1. The summed E-state index contributed by atoms with van der Waals surface area (Å²) in [5.41, 5.74) is 1.21. The van der Waals surface area contributed by atoms with Gasteiger partial charge < -0.3 is 15.3 Å². The van der Waals surface area contributed by atoms with E-state index in [1.54, 1.807) is 12.3 Å². The number of nitrogens with one attached hydrogen (secondary N) is 1. The first-order valence-corrected chi connectivity index (χ1v) is 6.94. The SMILES string of the molecule is CC(C)(C)N1C=CC(NC(=O)Cc2ncccc2O)=CC1. The van der Waals surface area contributed by atoms with Crippen LogP contribution in [0.5, 0.6) is 5.75 Å². The minimum atomic E-state index is -0.191. The molecule has 0 aliphatic carbocycles. The second-order valence-corrected chi connectivity index (χ2v) is 5.99. The van der Waals surface area contributed by atoms with Crippen LogP contribution in [0.3, 0.4) is 0 Å². The van der Waals surface area contributed by atoms with Gasteiger partial charge in [-0.05, 0) is 45.1 Å². The number of carbonyl (C=O) groups is 1. The number of rotatable bonds is 3. The van der Waals surface area contributed by atoms with Gasteiger partial charge in [0, 0.05) is 30.2 Å². The number of allylic oxidation sites excluding steroid dienone is 1. The molecule has 1 aromatic rings. The predicted molar refractivity (Wildman–Crippen MR) is 81.4 cm³/mol. The predicted octanol–water partition coefficient (Wildman–Crippen LogP) is 1.96. The summed E-state index contributed by atoms with van der Waals surface area (Å²) in [6, 6.07) is 3.15. The van der Waals surface area contributed by atoms with Crippen LogP contribution in [0, 0.1) is 0 Å². The summed E-state index contributed by atoms with van der Waals surface area (Å²) in [7, 11) is 0. The molecule has 0 fully saturated rings. The number of hydrogen-bond donors (Lipinski definition) is 2. The molecule has 0 bridgehead atoms. The third kappa shape index (κ3) is 4.08. The minimum absolute atomic E-state index is 0.0414. The molecule has 2 heterocycles. The molecule has 5 nitrogen and oxygen atoms in total. The Morgan fingerprint density at radius 1 is 1.48 bits per heavy atom. The van der Waals surface area contributed by atoms with E-state index in [4.69, 9.17) is 0 Å². The van der Waals surface area contributed by atoms with Crippen LogP contribution in [-0.2, 0) is 11.2 Å². The number of aromatic hydroxyl groups is 1. The van der Waals surface area contributed by atoms with Gasteiger partial charge in [-0.25, -0.2) is 0 Å². The number of hydrogen-bond acceptors (Lipinski definition) is 4. The molecule has 0 aromatic carbocycles. The van der Waals surface area contributed by atoms with Crippen molar-refractivity contribution >= 4 is 5.91 Å². The zero-order valence-electron chi connectivity index (χ0n) is 12.6. The Balaban J connectivity index is 1.92. The highest BCUT2D eigenvalue weighted by molar-refractivity contribution is 5.80. The Bertz CT molecular complexity index is 585. The second-order valence-electron chi connectivity index (χ2n) is 5.99. The summed E-state index contributed by atoms with van der Waals surface area (Å²) in [6.07, 6.45) is 7.45. The van der Waals surface area contributed by atoms with E-state index in [-0.39, 0.29) is 23.6 Å². The summed E-state index contributed by atoms with van der Waals surface area (Å²) in [4.78, 5) is 18.1. The zero-order valence-corrected chi connectivity index (χ0v) is 12.6. The number of pyridine rings is 1. The second kappa shape index (κ2) is 5.99. The molecule has 0 spiro atoms. The summed E-state index contributed by atoms with van der Waals surface area (Å²) in [6.45, 7) is 7.17. The fourth-order valence-corrected chi connectivity index (χ4v) is 2.01. The fraction of sp³-hybridized carbons (Fsp3) is 0.375. The molecule has 5 heteroatoms. The van der Waals surface area contributed by atoms with Gasteiger partial charge in [0.1, 0.15) is 5.75 Å². The molecule has 0 saturated carbocycles. The van der Waals surface area contributed by atoms with E-state index < -0.39 is 0 Å². The van der Waals surface area contributed by atoms with Gasteiger partial charge in [-0.3, -0.25) is 9.78 Å². The van der Waals surface area contributed by atoms with Gasteiger partial charge >= 0.3 is 0 Å². The summed E-state index contributed by atoms with van der Waals surface area (Å²) < 4.78 is 0. The molecule has 112 valence electrons. The Hall–Kier alpha value is -2.30. The number of amides is 1. The molecule has 0 unspecified atom stereocenters. The first-order chi connectivity index (χ1) is 9.86. The number of aromatic nitrogens is 1. The van der Waals surface area contributed by atoms with Crippen molar-refractivity contribution in [3.8, 4) is 5.75 Å². The highest BCUT2D eigenvalue weighted by Gasteiger charge is 2.19. The van der Waals surface area contributed by atoms with E-state index in [1.165, 1.54) is 6.07 Å². The topological polar surface area (TPSA) is 65.5 Å². The zero-order chi connectivity index (χ0) is 15.5. The molecule has 2 rings (SSSR count). The third-order valence-electron chi connectivity index (χ3n) is 3.28. The summed E-state index contributed by atoms with van der Waals surface area (Å²) in [5.74, 6) is -0.149. The molecule has 1 amide bonds. The van der Waals surface area contributed by atoms with E-state index in [9.17, 15) is 9.90 Å². The van der Waals surface area contributed by atoms with Crippen LogP contribution < -0.4 is 5.32 Å². The first kappa shape index (κ1) is 15.1. The van der Waals surface area contributed by atoms with Crippen molar-refractivity contribution in [1.29, 1.82) is 0 Å². The molecular weight excluding hydrogens is 266 g/mol. The molecular formula is C16H21N3O2. The molecule has 0 atom stereocenters. The average Bonchev–Trinajstić information content (AvgIpc) is 2.41. The van der Waals surface area contributed by atoms with Gasteiger partial charge in [-0.15, -0.1) is 0 Å². The molecule has 0 saturated heterocycles. The monoisotopic (exact) mass is 287 g/mol. The smallest absolute Gasteiger partial charge is 0.230 e. The van der Waals surface area contributed by atoms with Crippen molar-refractivity contribution in [1.82, 2.24) is 15.2 Å². The van der Waals surface area contributed by atoms with Gasteiger partial charge in [0.25, 0.3) is 0 Å². The Labute approximate surface area is 125 Å². The summed E-state index contributed by atoms with van der Waals surface area (Å²) in [5, 5.41) is 12.4. The maximum atomic E-state index is 12.0. The van der Waals surface area contributed by atoms with Gasteiger partial charge in [0.2, 0.25) is 5.91 Å². The fourth-order valence-electron chi connectivity index (χ4n) is 2.01. The Morgan fingerprint density at radius 2 is 2.24 bits per heavy atom. The van der Waals surface area contributed by atoms with Crippen molar-refractivity contribution in [2.45, 2.75) is 32.7 Å². The molecule has 0 radical (unpaired) electrons. The van der Waals surface area contributed by atoms with Crippen molar-refractivity contribution in [3.63, 3.8) is 0 Å². The van der Waals surface area contributed by atoms with Crippen molar-refractivity contribution < 1.29 is 9.90 Å². The number of nitrogens with zero attached hydrogens (tertiary/aromatic N) is 2. The molecule has 1 aliphatic heterocycles. The molecule has 1 aliphatic rings. The van der Waals surface area contributed by atoms with Crippen LogP contribution in [0.2, 0.25) is 0 Å². The van der Waals surface area contributed by atoms with Crippen molar-refractivity contribution in [2.75, 3.05) is 6.54 Å². The highest BCUT2D eigenvalue weighted by Crippen LogP contribution is 2.17. The van der Waals surface area contributed by atoms with E-state index in [1.807, 2.05) is 18.4 Å². The molecule has 21 heavy (non-hydrogen) atoms. The van der Waals surface area contributed by atoms with Crippen LogP contribution in [0.15, 0.2) is 42.4 Å². The van der Waals surface area contributed by atoms with Crippen LogP contribution in [-0.4, -0.2) is 33.0 Å². The van der Waals surface area contributed by atoms with Crippen LogP contribution in [0.4, 0.5) is 0 Å². The van der Waals surface area contributed by atoms with Gasteiger partial charge in [0.05, 0.1) is 12.1 Å². The maximum Gasteiger partial charge on any atom is 0.230 e. The third-order valence-corrected chi connectivity index (χ3v) is 3.28. The Kier molecular flexibility index (Phi) is 4.31. The summed E-state index contributed by atoms with van der Waals surface area (Å²) >= 11 is 0. The highest BCUT2D eigenvalue weighted by atomic mass is 16.3. The standard InChI is InChI=1S/C16H21N3O2/c1-16(2,3)19-9-6-12(7-10-19)18-15(21)11-13-14(20)5-4-8-17-13/h4-9,20H,10-11H2,1-3H3,(H,18,21). The van der Waals surface area contributed by atoms with Gasteiger partial charge in [-0.2, -0.15) is 0 Å². The lowest BCUT2D eigenvalue weighted by Gasteiger charge is -2.35. The average molecular weight is 287 g/mol. The minimum Gasteiger partial charge on any atom is -0.506 e. The van der Waals surface area contributed by atoms with E-state index in [2.05, 4.69) is 36.0 Å². The van der Waals surface area contributed by atoms with Crippen LogP contribution in [0.1, 0.15) is 26.5 Å². The molecule has 2 N–H and O–H groups in total. The van der Waals surface area contributed by atoms with Crippen LogP contribution in [0.25, 0.3) is 0 Å². The number of carbonyl (C=O) groups excluding carboxylic acids is 1. The van der Waals surface area contributed by atoms with Crippen molar-refractivity contribution in [2.24, 2.45) is 0 Å². The van der Waals surface area contributed by atoms with Crippen LogP contribution >= 0.6 is 0 Å². The normalized spacial score (nSPS) is 14.8.